The number of fused-ring (bicyclic) bond motifs is 1. The van der Waals surface area contributed by atoms with Crippen molar-refractivity contribution >= 4 is 17.8 Å². The van der Waals surface area contributed by atoms with Gasteiger partial charge in [0.1, 0.15) is 0 Å². The van der Waals surface area contributed by atoms with Gasteiger partial charge in [-0.25, -0.2) is 0 Å². The lowest BCUT2D eigenvalue weighted by molar-refractivity contribution is -0.155. The van der Waals surface area contributed by atoms with Crippen LogP contribution in [0.2, 0.25) is 0 Å². The van der Waals surface area contributed by atoms with Gasteiger partial charge in [-0.15, -0.1) is 0 Å². The van der Waals surface area contributed by atoms with Crippen molar-refractivity contribution in [1.29, 1.82) is 0 Å². The van der Waals surface area contributed by atoms with Crippen LogP contribution in [0.4, 0.5) is 0 Å². The molecule has 1 N–H and O–H groups in total. The van der Waals surface area contributed by atoms with E-state index in [9.17, 15) is 19.5 Å². The summed E-state index contributed by atoms with van der Waals surface area (Å²) in [6, 6.07) is 10.0. The number of amides is 1. The van der Waals surface area contributed by atoms with Crippen LogP contribution in [0.25, 0.3) is 0 Å². The van der Waals surface area contributed by atoms with Gasteiger partial charge in [0.25, 0.3) is 0 Å². The van der Waals surface area contributed by atoms with Crippen molar-refractivity contribution in [3.05, 3.63) is 35.9 Å². The van der Waals surface area contributed by atoms with Crippen molar-refractivity contribution in [2.45, 2.75) is 71.3 Å². The molecule has 1 aromatic carbocycles. The van der Waals surface area contributed by atoms with E-state index in [1.54, 1.807) is 11.8 Å². The van der Waals surface area contributed by atoms with Gasteiger partial charge < -0.3 is 14.7 Å². The van der Waals surface area contributed by atoms with Crippen LogP contribution in [0.5, 0.6) is 0 Å². The van der Waals surface area contributed by atoms with E-state index in [4.69, 9.17) is 4.74 Å². The molecule has 1 saturated carbocycles. The standard InChI is InChI=1S/C25H35NO5/c1-3-31-24(30)25(2,15-13-18-9-5-4-6-10-18)16-14-22(27)26-17-20(23(28)29)19-11-7-8-12-21(19)26/h4-6,9-10,19-21H,3,7-8,11-17H2,1-2H3,(H,28,29)/t19-,20?,21-,25+/m0/s1. The Kier molecular flexibility index (Phi) is 7.74. The normalized spacial score (nSPS) is 24.8. The number of likely N-dealkylation sites (tertiary alicyclic amines) is 1. The Morgan fingerprint density at radius 2 is 1.84 bits per heavy atom. The van der Waals surface area contributed by atoms with Crippen LogP contribution in [0.15, 0.2) is 30.3 Å². The van der Waals surface area contributed by atoms with E-state index in [-0.39, 0.29) is 30.3 Å². The topological polar surface area (TPSA) is 83.9 Å². The summed E-state index contributed by atoms with van der Waals surface area (Å²) in [5.74, 6) is -1.50. The SMILES string of the molecule is CCOC(=O)[C@@](C)(CCC(=O)N1CC(C(=O)O)[C@@H]2CCCC[C@@H]21)CCc1ccccc1. The predicted molar refractivity (Wildman–Crippen MR) is 117 cm³/mol. The number of carbonyl (C=O) groups is 3. The van der Waals surface area contributed by atoms with Gasteiger partial charge in [-0.1, -0.05) is 43.2 Å². The van der Waals surface area contributed by atoms with Gasteiger partial charge >= 0.3 is 11.9 Å². The zero-order chi connectivity index (χ0) is 22.4. The predicted octanol–water partition coefficient (Wildman–Crippen LogP) is 4.07. The second kappa shape index (κ2) is 10.3. The van der Waals surface area contributed by atoms with E-state index in [0.717, 1.165) is 37.7 Å². The summed E-state index contributed by atoms with van der Waals surface area (Å²) < 4.78 is 5.35. The molecule has 1 saturated heterocycles. The molecular formula is C25H35NO5. The zero-order valence-corrected chi connectivity index (χ0v) is 18.7. The molecule has 2 aliphatic rings. The maximum atomic E-state index is 13.2. The van der Waals surface area contributed by atoms with Crippen molar-refractivity contribution in [3.8, 4) is 0 Å². The summed E-state index contributed by atoms with van der Waals surface area (Å²) in [5, 5.41) is 9.62. The molecule has 1 heterocycles. The fourth-order valence-corrected chi connectivity index (χ4v) is 5.25. The third kappa shape index (κ3) is 5.46. The number of benzene rings is 1. The monoisotopic (exact) mass is 429 g/mol. The smallest absolute Gasteiger partial charge is 0.311 e. The molecule has 1 unspecified atom stereocenters. The van der Waals surface area contributed by atoms with Gasteiger partial charge in [0.05, 0.1) is 17.9 Å². The molecule has 170 valence electrons. The Morgan fingerprint density at radius 3 is 2.52 bits per heavy atom. The van der Waals surface area contributed by atoms with E-state index in [0.29, 0.717) is 26.0 Å². The van der Waals surface area contributed by atoms with Gasteiger partial charge in [0.2, 0.25) is 5.91 Å². The first-order valence-electron chi connectivity index (χ1n) is 11.6. The number of aryl methyl sites for hydroxylation is 1. The maximum Gasteiger partial charge on any atom is 0.311 e. The van der Waals surface area contributed by atoms with Gasteiger partial charge in [0, 0.05) is 19.0 Å². The van der Waals surface area contributed by atoms with Crippen molar-refractivity contribution in [1.82, 2.24) is 4.90 Å². The number of rotatable bonds is 9. The lowest BCUT2D eigenvalue weighted by atomic mass is 9.79. The summed E-state index contributed by atoms with van der Waals surface area (Å²) >= 11 is 0. The first kappa shape index (κ1) is 23.3. The summed E-state index contributed by atoms with van der Waals surface area (Å²) in [7, 11) is 0. The average molecular weight is 430 g/mol. The summed E-state index contributed by atoms with van der Waals surface area (Å²) in [5.41, 5.74) is 0.401. The number of carbonyl (C=O) groups excluding carboxylic acids is 2. The third-order valence-corrected chi connectivity index (χ3v) is 7.20. The Morgan fingerprint density at radius 1 is 1.13 bits per heavy atom. The number of hydrogen-bond donors (Lipinski definition) is 1. The van der Waals surface area contributed by atoms with Crippen LogP contribution in [0.3, 0.4) is 0 Å². The Hall–Kier alpha value is -2.37. The summed E-state index contributed by atoms with van der Waals surface area (Å²) in [6.45, 7) is 4.28. The molecule has 31 heavy (non-hydrogen) atoms. The maximum absolute atomic E-state index is 13.2. The molecule has 1 amide bonds. The quantitative estimate of drug-likeness (QED) is 0.598. The minimum atomic E-state index is -0.800. The molecule has 2 fully saturated rings. The third-order valence-electron chi connectivity index (χ3n) is 7.20. The molecule has 4 atom stereocenters. The van der Waals surface area contributed by atoms with E-state index < -0.39 is 17.3 Å². The molecule has 6 nitrogen and oxygen atoms in total. The number of carboxylic acids is 1. The van der Waals surface area contributed by atoms with E-state index in [2.05, 4.69) is 0 Å². The second-order valence-electron chi connectivity index (χ2n) is 9.27. The summed E-state index contributed by atoms with van der Waals surface area (Å²) in [6.07, 6.45) is 5.81. The fraction of sp³-hybridized carbons (Fsp3) is 0.640. The highest BCUT2D eigenvalue weighted by atomic mass is 16.5. The van der Waals surface area contributed by atoms with Crippen molar-refractivity contribution in [3.63, 3.8) is 0 Å². The molecule has 1 aromatic rings. The van der Waals surface area contributed by atoms with Crippen LogP contribution in [0, 0.1) is 17.3 Å². The van der Waals surface area contributed by atoms with Gasteiger partial charge in [0.15, 0.2) is 0 Å². The molecule has 1 aliphatic carbocycles. The zero-order valence-electron chi connectivity index (χ0n) is 18.7. The Balaban J connectivity index is 1.66. The Bertz CT molecular complexity index is 779. The fourth-order valence-electron chi connectivity index (χ4n) is 5.25. The molecular weight excluding hydrogens is 394 g/mol. The summed E-state index contributed by atoms with van der Waals surface area (Å²) in [4.78, 5) is 39.4. The van der Waals surface area contributed by atoms with Gasteiger partial charge in [-0.3, -0.25) is 14.4 Å². The highest BCUT2D eigenvalue weighted by Crippen LogP contribution is 2.41. The lowest BCUT2D eigenvalue weighted by Crippen LogP contribution is -2.40. The van der Waals surface area contributed by atoms with Crippen LogP contribution in [-0.4, -0.2) is 47.0 Å². The highest BCUT2D eigenvalue weighted by Gasteiger charge is 2.48. The van der Waals surface area contributed by atoms with Crippen LogP contribution < -0.4 is 0 Å². The largest absolute Gasteiger partial charge is 0.481 e. The molecule has 6 heteroatoms. The van der Waals surface area contributed by atoms with Gasteiger partial charge in [-0.2, -0.15) is 0 Å². The van der Waals surface area contributed by atoms with Crippen LogP contribution in [-0.2, 0) is 25.5 Å². The number of esters is 1. The minimum Gasteiger partial charge on any atom is -0.481 e. The highest BCUT2D eigenvalue weighted by molar-refractivity contribution is 5.81. The molecule has 0 radical (unpaired) electrons. The van der Waals surface area contributed by atoms with Crippen LogP contribution in [0.1, 0.15) is 64.4 Å². The molecule has 1 aliphatic heterocycles. The molecule has 0 bridgehead atoms. The van der Waals surface area contributed by atoms with Crippen molar-refractivity contribution in [2.24, 2.45) is 17.3 Å². The van der Waals surface area contributed by atoms with E-state index >= 15 is 0 Å². The van der Waals surface area contributed by atoms with E-state index in [1.807, 2.05) is 37.3 Å². The number of ether oxygens (including phenoxy) is 1. The molecule has 0 spiro atoms. The van der Waals surface area contributed by atoms with Crippen LogP contribution >= 0.6 is 0 Å². The van der Waals surface area contributed by atoms with Crippen molar-refractivity contribution in [2.75, 3.05) is 13.2 Å². The second-order valence-corrected chi connectivity index (χ2v) is 9.27. The number of aliphatic carboxylic acids is 1. The molecule has 3 rings (SSSR count). The first-order valence-corrected chi connectivity index (χ1v) is 11.6. The van der Waals surface area contributed by atoms with E-state index in [1.165, 1.54) is 0 Å². The minimum absolute atomic E-state index is 0.0283. The molecule has 0 aromatic heterocycles. The number of nitrogens with zero attached hydrogens (tertiary/aromatic N) is 1. The van der Waals surface area contributed by atoms with Crippen molar-refractivity contribution < 1.29 is 24.2 Å². The lowest BCUT2D eigenvalue weighted by Gasteiger charge is -2.33. The average Bonchev–Trinajstić information content (AvgIpc) is 3.17. The Labute approximate surface area is 185 Å². The number of hydrogen-bond acceptors (Lipinski definition) is 4. The number of carboxylic acid groups (broad SMARTS) is 1. The first-order chi connectivity index (χ1) is 14.9. The van der Waals surface area contributed by atoms with Gasteiger partial charge in [-0.05, 0) is 57.4 Å².